The SMILES string of the molecule is Oc1ccc(-c2csc(Nc3cccc(Cl)c3Cl)n2)cc1O. The number of benzene rings is 2. The molecule has 0 saturated heterocycles. The van der Waals surface area contributed by atoms with Crippen LogP contribution in [-0.2, 0) is 0 Å². The van der Waals surface area contributed by atoms with Gasteiger partial charge < -0.3 is 15.5 Å². The molecule has 0 spiro atoms. The maximum Gasteiger partial charge on any atom is 0.187 e. The quantitative estimate of drug-likeness (QED) is 0.561. The minimum absolute atomic E-state index is 0.164. The molecular weight excluding hydrogens is 343 g/mol. The van der Waals surface area contributed by atoms with Crippen molar-refractivity contribution in [3.05, 3.63) is 51.8 Å². The van der Waals surface area contributed by atoms with E-state index in [4.69, 9.17) is 23.2 Å². The Morgan fingerprint density at radius 2 is 1.86 bits per heavy atom. The smallest absolute Gasteiger partial charge is 0.187 e. The molecule has 1 heterocycles. The highest BCUT2D eigenvalue weighted by Crippen LogP contribution is 2.35. The van der Waals surface area contributed by atoms with Gasteiger partial charge in [0, 0.05) is 10.9 Å². The lowest BCUT2D eigenvalue weighted by atomic mass is 10.1. The van der Waals surface area contributed by atoms with Crippen molar-refractivity contribution in [2.24, 2.45) is 0 Å². The minimum atomic E-state index is -0.183. The molecule has 22 heavy (non-hydrogen) atoms. The van der Waals surface area contributed by atoms with Gasteiger partial charge >= 0.3 is 0 Å². The zero-order chi connectivity index (χ0) is 15.7. The van der Waals surface area contributed by atoms with E-state index in [0.717, 1.165) is 0 Å². The molecule has 2 aromatic carbocycles. The lowest BCUT2D eigenvalue weighted by molar-refractivity contribution is 0.404. The topological polar surface area (TPSA) is 65.4 Å². The zero-order valence-electron chi connectivity index (χ0n) is 11.0. The number of thiazole rings is 1. The van der Waals surface area contributed by atoms with Crippen LogP contribution in [0.15, 0.2) is 41.8 Å². The Morgan fingerprint density at radius 1 is 1.05 bits per heavy atom. The molecule has 3 N–H and O–H groups in total. The summed E-state index contributed by atoms with van der Waals surface area (Å²) in [6.07, 6.45) is 0. The molecule has 4 nitrogen and oxygen atoms in total. The van der Waals surface area contributed by atoms with E-state index < -0.39 is 0 Å². The number of aromatic hydroxyl groups is 2. The highest BCUT2D eigenvalue weighted by Gasteiger charge is 2.10. The highest BCUT2D eigenvalue weighted by molar-refractivity contribution is 7.14. The molecule has 0 aliphatic heterocycles. The highest BCUT2D eigenvalue weighted by atomic mass is 35.5. The molecule has 3 rings (SSSR count). The van der Waals surface area contributed by atoms with Crippen LogP contribution in [0.5, 0.6) is 11.5 Å². The zero-order valence-corrected chi connectivity index (χ0v) is 13.4. The van der Waals surface area contributed by atoms with Gasteiger partial charge in [-0.1, -0.05) is 29.3 Å². The van der Waals surface area contributed by atoms with E-state index in [0.29, 0.717) is 32.1 Å². The monoisotopic (exact) mass is 352 g/mol. The third-order valence-corrected chi connectivity index (χ3v) is 4.55. The number of aromatic nitrogens is 1. The predicted octanol–water partition coefficient (Wildman–Crippen LogP) is 5.27. The number of nitrogens with one attached hydrogen (secondary N) is 1. The molecule has 0 aliphatic rings. The van der Waals surface area contributed by atoms with Crippen LogP contribution in [0.3, 0.4) is 0 Å². The first kappa shape index (κ1) is 15.0. The molecule has 7 heteroatoms. The first-order valence-corrected chi connectivity index (χ1v) is 7.87. The van der Waals surface area contributed by atoms with Gasteiger partial charge in [0.25, 0.3) is 0 Å². The maximum atomic E-state index is 9.55. The van der Waals surface area contributed by atoms with Crippen molar-refractivity contribution >= 4 is 45.4 Å². The third-order valence-electron chi connectivity index (χ3n) is 2.97. The van der Waals surface area contributed by atoms with Gasteiger partial charge in [0.2, 0.25) is 0 Å². The summed E-state index contributed by atoms with van der Waals surface area (Å²) in [7, 11) is 0. The summed E-state index contributed by atoms with van der Waals surface area (Å²) in [5.74, 6) is -0.346. The van der Waals surface area contributed by atoms with Crippen LogP contribution in [-0.4, -0.2) is 15.2 Å². The van der Waals surface area contributed by atoms with Crippen LogP contribution in [0.25, 0.3) is 11.3 Å². The number of anilines is 2. The fraction of sp³-hybridized carbons (Fsp3) is 0. The van der Waals surface area contributed by atoms with E-state index in [-0.39, 0.29) is 11.5 Å². The molecule has 0 bridgehead atoms. The van der Waals surface area contributed by atoms with Crippen LogP contribution in [0.2, 0.25) is 10.0 Å². The molecule has 1 aromatic heterocycles. The fourth-order valence-electron chi connectivity index (χ4n) is 1.86. The van der Waals surface area contributed by atoms with Gasteiger partial charge in [0.15, 0.2) is 16.6 Å². The number of hydrogen-bond donors (Lipinski definition) is 3. The summed E-state index contributed by atoms with van der Waals surface area (Å²) in [5, 5.41) is 25.4. The van der Waals surface area contributed by atoms with E-state index in [2.05, 4.69) is 10.3 Å². The van der Waals surface area contributed by atoms with E-state index in [1.807, 2.05) is 11.4 Å². The Kier molecular flexibility index (Phi) is 4.11. The second kappa shape index (κ2) is 6.04. The Hall–Kier alpha value is -1.95. The van der Waals surface area contributed by atoms with Crippen molar-refractivity contribution in [2.45, 2.75) is 0 Å². The second-order valence-electron chi connectivity index (χ2n) is 4.47. The van der Waals surface area contributed by atoms with Crippen molar-refractivity contribution in [3.63, 3.8) is 0 Å². The molecule has 0 fully saturated rings. The first-order chi connectivity index (χ1) is 10.5. The average molecular weight is 353 g/mol. The van der Waals surface area contributed by atoms with Crippen molar-refractivity contribution in [3.8, 4) is 22.8 Å². The summed E-state index contributed by atoms with van der Waals surface area (Å²) < 4.78 is 0. The molecular formula is C15H10Cl2N2O2S. The van der Waals surface area contributed by atoms with Gasteiger partial charge in [0.05, 0.1) is 21.4 Å². The maximum absolute atomic E-state index is 9.55. The van der Waals surface area contributed by atoms with Crippen LogP contribution in [0.4, 0.5) is 10.8 Å². The summed E-state index contributed by atoms with van der Waals surface area (Å²) in [6, 6.07) is 9.87. The van der Waals surface area contributed by atoms with Gasteiger partial charge in [-0.15, -0.1) is 11.3 Å². The number of nitrogens with zero attached hydrogens (tertiary/aromatic N) is 1. The average Bonchev–Trinajstić information content (AvgIpc) is 2.95. The Labute approximate surface area is 140 Å². The Balaban J connectivity index is 1.87. The number of phenols is 2. The molecule has 0 atom stereocenters. The molecule has 0 amide bonds. The van der Waals surface area contributed by atoms with E-state index in [1.165, 1.54) is 23.5 Å². The Bertz CT molecular complexity index is 836. The summed E-state index contributed by atoms with van der Waals surface area (Å²) >= 11 is 13.5. The van der Waals surface area contributed by atoms with Crippen LogP contribution >= 0.6 is 34.5 Å². The van der Waals surface area contributed by atoms with Gasteiger partial charge in [-0.05, 0) is 30.3 Å². The molecule has 3 aromatic rings. The summed E-state index contributed by atoms with van der Waals surface area (Å²) in [6.45, 7) is 0. The van der Waals surface area contributed by atoms with E-state index >= 15 is 0 Å². The lowest BCUT2D eigenvalue weighted by Gasteiger charge is -2.06. The van der Waals surface area contributed by atoms with E-state index in [9.17, 15) is 10.2 Å². The lowest BCUT2D eigenvalue weighted by Crippen LogP contribution is -1.91. The van der Waals surface area contributed by atoms with Gasteiger partial charge in [-0.2, -0.15) is 0 Å². The number of halogens is 2. The first-order valence-electron chi connectivity index (χ1n) is 6.23. The fourth-order valence-corrected chi connectivity index (χ4v) is 2.94. The number of hydrogen-bond acceptors (Lipinski definition) is 5. The largest absolute Gasteiger partial charge is 0.504 e. The minimum Gasteiger partial charge on any atom is -0.504 e. The van der Waals surface area contributed by atoms with Gasteiger partial charge in [-0.3, -0.25) is 0 Å². The Morgan fingerprint density at radius 3 is 2.64 bits per heavy atom. The van der Waals surface area contributed by atoms with Gasteiger partial charge in [-0.25, -0.2) is 4.98 Å². The van der Waals surface area contributed by atoms with Crippen molar-refractivity contribution < 1.29 is 10.2 Å². The normalized spacial score (nSPS) is 10.6. The molecule has 112 valence electrons. The molecule has 0 unspecified atom stereocenters. The number of phenolic OH excluding ortho intramolecular Hbond substituents is 2. The summed E-state index contributed by atoms with van der Waals surface area (Å²) in [5.41, 5.74) is 2.06. The van der Waals surface area contributed by atoms with Crippen molar-refractivity contribution in [1.29, 1.82) is 0 Å². The van der Waals surface area contributed by atoms with E-state index in [1.54, 1.807) is 18.2 Å². The van der Waals surface area contributed by atoms with Crippen molar-refractivity contribution in [2.75, 3.05) is 5.32 Å². The van der Waals surface area contributed by atoms with Crippen LogP contribution < -0.4 is 5.32 Å². The summed E-state index contributed by atoms with van der Waals surface area (Å²) in [4.78, 5) is 4.43. The third kappa shape index (κ3) is 2.97. The van der Waals surface area contributed by atoms with Crippen LogP contribution in [0, 0.1) is 0 Å². The second-order valence-corrected chi connectivity index (χ2v) is 6.11. The number of rotatable bonds is 3. The molecule has 0 saturated carbocycles. The van der Waals surface area contributed by atoms with Crippen LogP contribution in [0.1, 0.15) is 0 Å². The standard InChI is InChI=1S/C15H10Cl2N2O2S/c16-9-2-1-3-10(14(9)17)18-15-19-11(7-22-15)8-4-5-12(20)13(21)6-8/h1-7,20-21H,(H,18,19). The predicted molar refractivity (Wildman–Crippen MR) is 90.6 cm³/mol. The molecule has 0 aliphatic carbocycles. The van der Waals surface area contributed by atoms with Crippen molar-refractivity contribution in [1.82, 2.24) is 4.98 Å². The van der Waals surface area contributed by atoms with Gasteiger partial charge in [0.1, 0.15) is 0 Å². The molecule has 0 radical (unpaired) electrons.